The van der Waals surface area contributed by atoms with Crippen LogP contribution in [0.15, 0.2) is 70.6 Å². The number of fused-ring (bicyclic) bond motifs is 1. The van der Waals surface area contributed by atoms with Crippen LogP contribution >= 0.6 is 34.7 Å². The van der Waals surface area contributed by atoms with Gasteiger partial charge in [-0.25, -0.2) is 0 Å². The number of amides is 1. The zero-order chi connectivity index (χ0) is 33.9. The van der Waals surface area contributed by atoms with Gasteiger partial charge in [0.25, 0.3) is 5.78 Å². The molecule has 0 saturated carbocycles. The Morgan fingerprint density at radius 2 is 1.88 bits per heavy atom. The van der Waals surface area contributed by atoms with E-state index in [1.165, 1.54) is 28.0 Å². The molecule has 0 bridgehead atoms. The summed E-state index contributed by atoms with van der Waals surface area (Å²) in [5.74, 6) is 0.957. The van der Waals surface area contributed by atoms with Crippen LogP contribution in [-0.4, -0.2) is 46.3 Å². The lowest BCUT2D eigenvalue weighted by Crippen LogP contribution is -2.29. The molecule has 3 aromatic carbocycles. The molecule has 6 rings (SSSR count). The minimum absolute atomic E-state index is 0.00500. The van der Waals surface area contributed by atoms with Crippen LogP contribution in [0.4, 0.5) is 5.13 Å². The molecule has 2 aliphatic rings. The molecular formula is C36H36ClN3O6S2. The van der Waals surface area contributed by atoms with Crippen molar-refractivity contribution in [2.24, 2.45) is 5.92 Å². The van der Waals surface area contributed by atoms with Gasteiger partial charge in [0.15, 0.2) is 15.8 Å². The molecule has 9 nitrogen and oxygen atoms in total. The Kier molecular flexibility index (Phi) is 10.3. The standard InChI is InChI=1S/C36H36ClN3O6S2/c1-5-44-29-18-23(8-13-28(29)45-15-14-20(2)3)31-30(32(41)24-9-12-27-25(17-24)16-21(4)46-27)33(42)34(43)40(31)35-38-39-36(48-35)47-19-22-6-10-26(37)11-7-22/h6-13,17-18,20-21,31,41H,5,14-16,19H2,1-4H3/b32-30-. The molecule has 1 amide bonds. The number of carbonyl (C=O) groups excluding carboxylic acids is 2. The van der Waals surface area contributed by atoms with Gasteiger partial charge in [0, 0.05) is 22.8 Å². The van der Waals surface area contributed by atoms with Gasteiger partial charge >= 0.3 is 5.91 Å². The number of rotatable bonds is 12. The quantitative estimate of drug-likeness (QED) is 0.0512. The first-order valence-corrected chi connectivity index (χ1v) is 18.0. The number of halogens is 1. The van der Waals surface area contributed by atoms with E-state index in [4.69, 9.17) is 25.8 Å². The molecule has 3 heterocycles. The lowest BCUT2D eigenvalue weighted by molar-refractivity contribution is -0.132. The van der Waals surface area contributed by atoms with E-state index >= 15 is 0 Å². The van der Waals surface area contributed by atoms with E-state index in [-0.39, 0.29) is 22.6 Å². The molecule has 2 unspecified atom stereocenters. The van der Waals surface area contributed by atoms with Crippen LogP contribution in [0.1, 0.15) is 62.4 Å². The summed E-state index contributed by atoms with van der Waals surface area (Å²) in [6.45, 7) is 8.99. The van der Waals surface area contributed by atoms with Crippen molar-refractivity contribution < 1.29 is 28.9 Å². The van der Waals surface area contributed by atoms with E-state index in [1.807, 2.05) is 44.2 Å². The summed E-state index contributed by atoms with van der Waals surface area (Å²) in [7, 11) is 0. The summed E-state index contributed by atoms with van der Waals surface area (Å²) in [4.78, 5) is 29.0. The molecule has 0 radical (unpaired) electrons. The average molecular weight is 706 g/mol. The smallest absolute Gasteiger partial charge is 0.301 e. The highest BCUT2D eigenvalue weighted by Gasteiger charge is 2.48. The first kappa shape index (κ1) is 33.8. The summed E-state index contributed by atoms with van der Waals surface area (Å²) < 4.78 is 18.5. The van der Waals surface area contributed by atoms with Crippen LogP contribution in [0.3, 0.4) is 0 Å². The van der Waals surface area contributed by atoms with Crippen molar-refractivity contribution in [1.82, 2.24) is 10.2 Å². The molecule has 1 aromatic heterocycles. The van der Waals surface area contributed by atoms with Gasteiger partial charge in [0.05, 0.1) is 24.8 Å². The van der Waals surface area contributed by atoms with Gasteiger partial charge in [0.2, 0.25) is 5.13 Å². The summed E-state index contributed by atoms with van der Waals surface area (Å²) in [5, 5.41) is 21.3. The predicted octanol–water partition coefficient (Wildman–Crippen LogP) is 8.26. The average Bonchev–Trinajstić information content (AvgIpc) is 3.75. The summed E-state index contributed by atoms with van der Waals surface area (Å²) >= 11 is 8.70. The zero-order valence-electron chi connectivity index (χ0n) is 27.1. The van der Waals surface area contributed by atoms with Gasteiger partial charge in [-0.3, -0.25) is 14.5 Å². The van der Waals surface area contributed by atoms with Crippen molar-refractivity contribution in [2.75, 3.05) is 18.1 Å². The van der Waals surface area contributed by atoms with Gasteiger partial charge in [-0.2, -0.15) is 0 Å². The van der Waals surface area contributed by atoms with Crippen molar-refractivity contribution in [3.8, 4) is 17.2 Å². The zero-order valence-corrected chi connectivity index (χ0v) is 29.5. The van der Waals surface area contributed by atoms with Crippen molar-refractivity contribution in [3.63, 3.8) is 0 Å². The molecule has 1 N–H and O–H groups in total. The van der Waals surface area contributed by atoms with Crippen molar-refractivity contribution in [3.05, 3.63) is 93.5 Å². The number of thioether (sulfide) groups is 1. The molecular weight excluding hydrogens is 670 g/mol. The minimum atomic E-state index is -1.00. The first-order chi connectivity index (χ1) is 23.1. The number of hydrogen-bond donors (Lipinski definition) is 1. The number of aromatic nitrogens is 2. The van der Waals surface area contributed by atoms with Crippen molar-refractivity contribution in [1.29, 1.82) is 0 Å². The number of ketones is 1. The van der Waals surface area contributed by atoms with Gasteiger partial charge in [-0.15, -0.1) is 10.2 Å². The third-order valence-electron chi connectivity index (χ3n) is 8.03. The highest BCUT2D eigenvalue weighted by atomic mass is 35.5. The monoisotopic (exact) mass is 705 g/mol. The third kappa shape index (κ3) is 7.18. The van der Waals surface area contributed by atoms with Crippen LogP contribution in [-0.2, 0) is 21.8 Å². The van der Waals surface area contributed by atoms with E-state index in [0.29, 0.717) is 63.3 Å². The Balaban J connectivity index is 1.40. The Hall–Kier alpha value is -4.06. The Labute approximate surface area is 292 Å². The highest BCUT2D eigenvalue weighted by molar-refractivity contribution is 8.00. The number of nitrogens with zero attached hydrogens (tertiary/aromatic N) is 3. The normalized spacial score (nSPS) is 18.3. The third-order valence-corrected chi connectivity index (χ3v) is 10.4. The van der Waals surface area contributed by atoms with Crippen LogP contribution in [0, 0.1) is 5.92 Å². The fraction of sp³-hybridized carbons (Fsp3) is 0.333. The molecule has 12 heteroatoms. The second-order valence-corrected chi connectivity index (χ2v) is 14.7. The SMILES string of the molecule is CCOc1cc(C2/C(=C(/O)c3ccc4c(c3)CC(C)O4)C(=O)C(=O)N2c2nnc(SCc3ccc(Cl)cc3)s2)ccc1OCCC(C)C. The minimum Gasteiger partial charge on any atom is -0.507 e. The predicted molar refractivity (Wildman–Crippen MR) is 189 cm³/mol. The fourth-order valence-corrected chi connectivity index (χ4v) is 7.59. The number of aliphatic hydroxyl groups excluding tert-OH is 1. The maximum absolute atomic E-state index is 13.9. The first-order valence-electron chi connectivity index (χ1n) is 15.8. The van der Waals surface area contributed by atoms with Crippen LogP contribution in [0.25, 0.3) is 5.76 Å². The molecule has 2 atom stereocenters. The summed E-state index contributed by atoms with van der Waals surface area (Å²) in [6, 6.07) is 17.2. The number of ether oxygens (including phenoxy) is 3. The molecule has 2 aliphatic heterocycles. The molecule has 48 heavy (non-hydrogen) atoms. The maximum atomic E-state index is 13.9. The fourth-order valence-electron chi connectivity index (χ4n) is 5.64. The van der Waals surface area contributed by atoms with Crippen LogP contribution in [0.5, 0.6) is 17.2 Å². The van der Waals surface area contributed by atoms with E-state index < -0.39 is 17.7 Å². The molecule has 1 saturated heterocycles. The Bertz CT molecular complexity index is 1860. The van der Waals surface area contributed by atoms with E-state index in [0.717, 1.165) is 23.3 Å². The lowest BCUT2D eigenvalue weighted by Gasteiger charge is -2.24. The van der Waals surface area contributed by atoms with Crippen molar-refractivity contribution in [2.45, 2.75) is 62.8 Å². The highest BCUT2D eigenvalue weighted by Crippen LogP contribution is 2.46. The lowest BCUT2D eigenvalue weighted by atomic mass is 9.94. The topological polar surface area (TPSA) is 111 Å². The van der Waals surface area contributed by atoms with Gasteiger partial charge in [-0.1, -0.05) is 66.7 Å². The summed E-state index contributed by atoms with van der Waals surface area (Å²) in [6.07, 6.45) is 1.55. The molecule has 0 aliphatic carbocycles. The van der Waals surface area contributed by atoms with Crippen molar-refractivity contribution >= 4 is 57.3 Å². The molecule has 0 spiro atoms. The number of hydrogen-bond acceptors (Lipinski definition) is 10. The Morgan fingerprint density at radius 3 is 2.62 bits per heavy atom. The second-order valence-electron chi connectivity index (χ2n) is 12.1. The number of aliphatic hydroxyl groups is 1. The van der Waals surface area contributed by atoms with Crippen LogP contribution in [0.2, 0.25) is 5.02 Å². The number of benzene rings is 3. The summed E-state index contributed by atoms with van der Waals surface area (Å²) in [5.41, 5.74) is 2.90. The molecule has 4 aromatic rings. The molecule has 250 valence electrons. The van der Waals surface area contributed by atoms with Gasteiger partial charge in [-0.05, 0) is 85.3 Å². The Morgan fingerprint density at radius 1 is 1.08 bits per heavy atom. The van der Waals surface area contributed by atoms with Crippen LogP contribution < -0.4 is 19.1 Å². The maximum Gasteiger partial charge on any atom is 0.301 e. The van der Waals surface area contributed by atoms with Gasteiger partial charge in [0.1, 0.15) is 17.6 Å². The number of carbonyl (C=O) groups is 2. The number of Topliss-reactive ketones (excluding diaryl/α,β-unsaturated/α-hetero) is 1. The van der Waals surface area contributed by atoms with E-state index in [9.17, 15) is 14.7 Å². The second kappa shape index (κ2) is 14.6. The number of anilines is 1. The molecule has 1 fully saturated rings. The van der Waals surface area contributed by atoms with E-state index in [2.05, 4.69) is 24.0 Å². The largest absolute Gasteiger partial charge is 0.507 e. The van der Waals surface area contributed by atoms with Gasteiger partial charge < -0.3 is 19.3 Å². The van der Waals surface area contributed by atoms with E-state index in [1.54, 1.807) is 30.3 Å².